The van der Waals surface area contributed by atoms with E-state index in [9.17, 15) is 9.59 Å². The largest absolute Gasteiger partial charge is 0.343 e. The molecule has 2 amide bonds. The van der Waals surface area contributed by atoms with Crippen LogP contribution in [-0.2, 0) is 16.1 Å². The molecule has 2 unspecified atom stereocenters. The Bertz CT molecular complexity index is 487. The molecule has 96 valence electrons. The van der Waals surface area contributed by atoms with Crippen molar-refractivity contribution in [1.82, 2.24) is 15.2 Å². The van der Waals surface area contributed by atoms with Crippen molar-refractivity contribution < 1.29 is 9.59 Å². The highest BCUT2D eigenvalue weighted by Crippen LogP contribution is 2.16. The zero-order valence-corrected chi connectivity index (χ0v) is 10.8. The highest BCUT2D eigenvalue weighted by molar-refractivity contribution is 5.96. The Morgan fingerprint density at radius 2 is 2.11 bits per heavy atom. The van der Waals surface area contributed by atoms with E-state index in [4.69, 9.17) is 0 Å². The molecule has 1 aromatic rings. The lowest BCUT2D eigenvalue weighted by atomic mass is 10.1. The SMILES string of the molecule is Cc1cnccc1CN1C(=O)C(C)NC(=O)C1C. The lowest BCUT2D eigenvalue weighted by Gasteiger charge is -2.36. The van der Waals surface area contributed by atoms with Gasteiger partial charge in [0.05, 0.1) is 0 Å². The van der Waals surface area contributed by atoms with Gasteiger partial charge < -0.3 is 10.2 Å². The fourth-order valence-electron chi connectivity index (χ4n) is 2.05. The first-order chi connectivity index (χ1) is 8.50. The quantitative estimate of drug-likeness (QED) is 0.833. The molecule has 0 radical (unpaired) electrons. The number of piperazine rings is 1. The van der Waals surface area contributed by atoms with Gasteiger partial charge >= 0.3 is 0 Å². The second-order valence-corrected chi connectivity index (χ2v) is 4.67. The number of carbonyl (C=O) groups is 2. The summed E-state index contributed by atoms with van der Waals surface area (Å²) in [5.41, 5.74) is 2.04. The lowest BCUT2D eigenvalue weighted by Crippen LogP contribution is -2.60. The number of rotatable bonds is 2. The summed E-state index contributed by atoms with van der Waals surface area (Å²) in [5, 5.41) is 2.67. The van der Waals surface area contributed by atoms with Gasteiger partial charge in [0.2, 0.25) is 11.8 Å². The summed E-state index contributed by atoms with van der Waals surface area (Å²) in [6, 6.07) is 1.00. The molecule has 2 heterocycles. The molecule has 1 saturated heterocycles. The molecule has 0 spiro atoms. The molecule has 1 aliphatic heterocycles. The number of hydrogen-bond donors (Lipinski definition) is 1. The van der Waals surface area contributed by atoms with E-state index in [1.165, 1.54) is 0 Å². The summed E-state index contributed by atoms with van der Waals surface area (Å²) in [6.45, 7) is 5.85. The summed E-state index contributed by atoms with van der Waals surface area (Å²) >= 11 is 0. The standard InChI is InChI=1S/C13H17N3O2/c1-8-6-14-5-4-11(8)7-16-10(3)12(17)15-9(2)13(16)18/h4-6,9-10H,7H2,1-3H3,(H,15,17). The van der Waals surface area contributed by atoms with Crippen LogP contribution in [0.5, 0.6) is 0 Å². The summed E-state index contributed by atoms with van der Waals surface area (Å²) < 4.78 is 0. The Balaban J connectivity index is 2.23. The van der Waals surface area contributed by atoms with Crippen LogP contribution in [-0.4, -0.2) is 33.8 Å². The zero-order chi connectivity index (χ0) is 13.3. The molecule has 5 heteroatoms. The van der Waals surface area contributed by atoms with E-state index in [1.54, 1.807) is 31.1 Å². The van der Waals surface area contributed by atoms with E-state index >= 15 is 0 Å². The number of amides is 2. The molecular formula is C13H17N3O2. The van der Waals surface area contributed by atoms with Crippen LogP contribution in [0.1, 0.15) is 25.0 Å². The number of hydrogen-bond acceptors (Lipinski definition) is 3. The minimum atomic E-state index is -0.448. The van der Waals surface area contributed by atoms with E-state index in [0.717, 1.165) is 11.1 Å². The van der Waals surface area contributed by atoms with Crippen molar-refractivity contribution in [2.24, 2.45) is 0 Å². The molecule has 1 fully saturated rings. The average molecular weight is 247 g/mol. The maximum absolute atomic E-state index is 12.1. The van der Waals surface area contributed by atoms with Crippen LogP contribution in [0.4, 0.5) is 0 Å². The maximum atomic E-state index is 12.1. The summed E-state index contributed by atoms with van der Waals surface area (Å²) in [5.74, 6) is -0.146. The molecule has 1 aliphatic rings. The number of carbonyl (C=O) groups excluding carboxylic acids is 2. The second-order valence-electron chi connectivity index (χ2n) is 4.67. The normalized spacial score (nSPS) is 24.1. The van der Waals surface area contributed by atoms with Crippen molar-refractivity contribution in [3.05, 3.63) is 29.6 Å². The van der Waals surface area contributed by atoms with Crippen LogP contribution in [0, 0.1) is 6.92 Å². The first kappa shape index (κ1) is 12.5. The van der Waals surface area contributed by atoms with Crippen molar-refractivity contribution >= 4 is 11.8 Å². The molecule has 2 atom stereocenters. The van der Waals surface area contributed by atoms with Gasteiger partial charge in [-0.1, -0.05) is 0 Å². The number of pyridine rings is 1. The highest BCUT2D eigenvalue weighted by Gasteiger charge is 2.35. The Hall–Kier alpha value is -1.91. The van der Waals surface area contributed by atoms with Crippen molar-refractivity contribution in [2.75, 3.05) is 0 Å². The van der Waals surface area contributed by atoms with Gasteiger partial charge in [-0.2, -0.15) is 0 Å². The number of nitrogens with zero attached hydrogens (tertiary/aromatic N) is 2. The van der Waals surface area contributed by atoms with E-state index in [1.807, 2.05) is 13.0 Å². The van der Waals surface area contributed by atoms with Gasteiger partial charge in [0.25, 0.3) is 0 Å². The van der Waals surface area contributed by atoms with Gasteiger partial charge in [-0.15, -0.1) is 0 Å². The third kappa shape index (κ3) is 2.20. The molecule has 5 nitrogen and oxygen atoms in total. The molecule has 1 aromatic heterocycles. The molecule has 0 aliphatic carbocycles. The van der Waals surface area contributed by atoms with E-state index in [0.29, 0.717) is 6.54 Å². The van der Waals surface area contributed by atoms with Crippen LogP contribution in [0.25, 0.3) is 0 Å². The van der Waals surface area contributed by atoms with Gasteiger partial charge in [-0.05, 0) is 38.0 Å². The number of aryl methyl sites for hydroxylation is 1. The van der Waals surface area contributed by atoms with E-state index < -0.39 is 12.1 Å². The molecule has 2 rings (SSSR count). The van der Waals surface area contributed by atoms with Crippen molar-refractivity contribution in [2.45, 2.75) is 39.4 Å². The molecule has 18 heavy (non-hydrogen) atoms. The Labute approximate surface area is 106 Å². The monoisotopic (exact) mass is 247 g/mol. The van der Waals surface area contributed by atoms with E-state index in [2.05, 4.69) is 10.3 Å². The fraction of sp³-hybridized carbons (Fsp3) is 0.462. The lowest BCUT2D eigenvalue weighted by molar-refractivity contribution is -0.148. The molecule has 0 aromatic carbocycles. The van der Waals surface area contributed by atoms with Gasteiger partial charge in [0.1, 0.15) is 12.1 Å². The van der Waals surface area contributed by atoms with Crippen LogP contribution < -0.4 is 5.32 Å². The summed E-state index contributed by atoms with van der Waals surface area (Å²) in [7, 11) is 0. The third-order valence-corrected chi connectivity index (χ3v) is 3.34. The zero-order valence-electron chi connectivity index (χ0n) is 10.8. The maximum Gasteiger partial charge on any atom is 0.245 e. The van der Waals surface area contributed by atoms with E-state index in [-0.39, 0.29) is 11.8 Å². The highest BCUT2D eigenvalue weighted by atomic mass is 16.2. The van der Waals surface area contributed by atoms with Crippen LogP contribution in [0.2, 0.25) is 0 Å². The van der Waals surface area contributed by atoms with Crippen molar-refractivity contribution in [3.8, 4) is 0 Å². The Morgan fingerprint density at radius 1 is 1.39 bits per heavy atom. The summed E-state index contributed by atoms with van der Waals surface area (Å²) in [4.78, 5) is 29.5. The topological polar surface area (TPSA) is 62.3 Å². The first-order valence-corrected chi connectivity index (χ1v) is 6.01. The minimum absolute atomic E-state index is 0.0432. The number of nitrogens with one attached hydrogen (secondary N) is 1. The predicted octanol–water partition coefficient (Wildman–Crippen LogP) is 0.625. The predicted molar refractivity (Wildman–Crippen MR) is 66.6 cm³/mol. The third-order valence-electron chi connectivity index (χ3n) is 3.34. The number of aromatic nitrogens is 1. The Kier molecular flexibility index (Phi) is 3.32. The Morgan fingerprint density at radius 3 is 2.78 bits per heavy atom. The molecule has 0 saturated carbocycles. The van der Waals surface area contributed by atoms with Crippen LogP contribution in [0.3, 0.4) is 0 Å². The summed E-state index contributed by atoms with van der Waals surface area (Å²) in [6.07, 6.45) is 3.46. The van der Waals surface area contributed by atoms with Crippen LogP contribution in [0.15, 0.2) is 18.5 Å². The van der Waals surface area contributed by atoms with Gasteiger partial charge in [-0.25, -0.2) is 0 Å². The molecule has 0 bridgehead atoms. The fourth-order valence-corrected chi connectivity index (χ4v) is 2.05. The van der Waals surface area contributed by atoms with Crippen molar-refractivity contribution in [1.29, 1.82) is 0 Å². The van der Waals surface area contributed by atoms with Gasteiger partial charge in [0, 0.05) is 18.9 Å². The molecular weight excluding hydrogens is 230 g/mol. The average Bonchev–Trinajstić information content (AvgIpc) is 2.34. The minimum Gasteiger partial charge on any atom is -0.343 e. The molecule has 1 N–H and O–H groups in total. The van der Waals surface area contributed by atoms with Crippen molar-refractivity contribution in [3.63, 3.8) is 0 Å². The van der Waals surface area contributed by atoms with Crippen LogP contribution >= 0.6 is 0 Å². The van der Waals surface area contributed by atoms with Gasteiger partial charge in [0.15, 0.2) is 0 Å². The smallest absolute Gasteiger partial charge is 0.245 e. The van der Waals surface area contributed by atoms with Gasteiger partial charge in [-0.3, -0.25) is 14.6 Å². The second kappa shape index (κ2) is 4.76. The first-order valence-electron chi connectivity index (χ1n) is 6.01.